The molecule has 0 saturated heterocycles. The van der Waals surface area contributed by atoms with Crippen LogP contribution in [0.25, 0.3) is 0 Å². The molecule has 0 rings (SSSR count). The molecule has 0 aromatic rings. The van der Waals surface area contributed by atoms with Crippen LogP contribution in [-0.4, -0.2) is 36.5 Å². The van der Waals surface area contributed by atoms with Gasteiger partial charge in [0.15, 0.2) is 0 Å². The topological polar surface area (TPSA) is 52.5 Å². The minimum atomic E-state index is 0.00458. The maximum Gasteiger partial charge on any atom is 0.0493 e. The van der Waals surface area contributed by atoms with Gasteiger partial charge in [0.25, 0.3) is 0 Å². The first-order valence-corrected chi connectivity index (χ1v) is 3.27. The summed E-state index contributed by atoms with van der Waals surface area (Å²) in [5, 5.41) is 20.1. The van der Waals surface area contributed by atoms with E-state index in [1.165, 1.54) is 0 Å². The van der Waals surface area contributed by atoms with Crippen molar-refractivity contribution in [1.82, 2.24) is 5.32 Å². The molecule has 0 heterocycles. The number of aliphatic hydroxyl groups is 2. The van der Waals surface area contributed by atoms with Crippen LogP contribution in [0.15, 0.2) is 0 Å². The highest BCUT2D eigenvalue weighted by molar-refractivity contribution is 4.57. The van der Waals surface area contributed by atoms with Crippen molar-refractivity contribution in [2.24, 2.45) is 5.92 Å². The van der Waals surface area contributed by atoms with Crippen LogP contribution >= 0.6 is 0 Å². The second-order valence-corrected chi connectivity index (χ2v) is 2.04. The Morgan fingerprint density at radius 1 is 1.33 bits per heavy atom. The lowest BCUT2D eigenvalue weighted by Crippen LogP contribution is -2.27. The minimum absolute atomic E-state index is 0.00458. The van der Waals surface area contributed by atoms with Gasteiger partial charge in [-0.25, -0.2) is 0 Å². The molecule has 0 amide bonds. The number of aliphatic hydroxyl groups excluding tert-OH is 2. The van der Waals surface area contributed by atoms with Crippen molar-refractivity contribution < 1.29 is 10.2 Å². The number of hydrogen-bond donors (Lipinski definition) is 3. The van der Waals surface area contributed by atoms with Gasteiger partial charge in [-0.1, -0.05) is 6.92 Å². The first kappa shape index (κ1) is 8.88. The third-order valence-electron chi connectivity index (χ3n) is 1.20. The van der Waals surface area contributed by atoms with E-state index in [0.29, 0.717) is 6.54 Å². The van der Waals surface area contributed by atoms with Crippen molar-refractivity contribution in [2.75, 3.05) is 26.3 Å². The predicted molar refractivity (Wildman–Crippen MR) is 36.2 cm³/mol. The average molecular weight is 133 g/mol. The summed E-state index contributed by atoms with van der Waals surface area (Å²) in [6, 6.07) is 0. The van der Waals surface area contributed by atoms with Crippen LogP contribution in [0, 0.1) is 5.92 Å². The zero-order valence-corrected chi connectivity index (χ0v) is 5.80. The standard InChI is InChI=1S/C6H15NO2/c1-2-7-3-6(4-8)5-9/h6-9H,2-5H2,1H3. The Hall–Kier alpha value is -0.120. The number of hydrogen-bond acceptors (Lipinski definition) is 3. The van der Waals surface area contributed by atoms with Crippen molar-refractivity contribution in [2.45, 2.75) is 6.92 Å². The predicted octanol–water partition coefficient (Wildman–Crippen LogP) is -0.803. The molecular formula is C6H15NO2. The average Bonchev–Trinajstić information content (AvgIpc) is 1.91. The van der Waals surface area contributed by atoms with Crippen LogP contribution in [0.2, 0.25) is 0 Å². The monoisotopic (exact) mass is 133 g/mol. The van der Waals surface area contributed by atoms with Gasteiger partial charge >= 0.3 is 0 Å². The van der Waals surface area contributed by atoms with Crippen molar-refractivity contribution in [1.29, 1.82) is 0 Å². The largest absolute Gasteiger partial charge is 0.396 e. The molecule has 0 spiro atoms. The fourth-order valence-corrected chi connectivity index (χ4v) is 0.535. The van der Waals surface area contributed by atoms with Crippen molar-refractivity contribution in [3.63, 3.8) is 0 Å². The Morgan fingerprint density at radius 3 is 2.22 bits per heavy atom. The lowest BCUT2D eigenvalue weighted by atomic mass is 10.2. The lowest BCUT2D eigenvalue weighted by molar-refractivity contribution is 0.149. The van der Waals surface area contributed by atoms with Crippen LogP contribution in [-0.2, 0) is 0 Å². The van der Waals surface area contributed by atoms with Crippen molar-refractivity contribution in [3.05, 3.63) is 0 Å². The Morgan fingerprint density at radius 2 is 1.89 bits per heavy atom. The van der Waals surface area contributed by atoms with E-state index in [1.807, 2.05) is 6.92 Å². The van der Waals surface area contributed by atoms with Gasteiger partial charge in [0.1, 0.15) is 0 Å². The third-order valence-corrected chi connectivity index (χ3v) is 1.20. The molecule has 0 saturated carbocycles. The van der Waals surface area contributed by atoms with E-state index in [9.17, 15) is 0 Å². The molecule has 0 unspecified atom stereocenters. The molecule has 0 aliphatic carbocycles. The van der Waals surface area contributed by atoms with E-state index in [4.69, 9.17) is 10.2 Å². The molecule has 0 aliphatic rings. The summed E-state index contributed by atoms with van der Waals surface area (Å²) in [6.07, 6.45) is 0. The Labute approximate surface area is 55.7 Å². The molecule has 0 radical (unpaired) electrons. The lowest BCUT2D eigenvalue weighted by Gasteiger charge is -2.09. The molecule has 3 N–H and O–H groups in total. The van der Waals surface area contributed by atoms with Gasteiger partial charge in [0.05, 0.1) is 0 Å². The second kappa shape index (κ2) is 6.01. The van der Waals surface area contributed by atoms with Crippen LogP contribution in [0.1, 0.15) is 6.92 Å². The van der Waals surface area contributed by atoms with E-state index in [0.717, 1.165) is 6.54 Å². The molecule has 56 valence electrons. The van der Waals surface area contributed by atoms with Crippen molar-refractivity contribution in [3.8, 4) is 0 Å². The van der Waals surface area contributed by atoms with E-state index < -0.39 is 0 Å². The molecule has 0 aromatic carbocycles. The van der Waals surface area contributed by atoms with E-state index in [2.05, 4.69) is 5.32 Å². The van der Waals surface area contributed by atoms with Gasteiger partial charge in [-0.05, 0) is 6.54 Å². The molecule has 3 heteroatoms. The first-order valence-electron chi connectivity index (χ1n) is 3.27. The molecule has 0 aliphatic heterocycles. The minimum Gasteiger partial charge on any atom is -0.396 e. The summed E-state index contributed by atoms with van der Waals surface area (Å²) in [5.74, 6) is 0.00458. The second-order valence-electron chi connectivity index (χ2n) is 2.04. The quantitative estimate of drug-likeness (QED) is 0.460. The molecule has 0 atom stereocenters. The van der Waals surface area contributed by atoms with E-state index in [-0.39, 0.29) is 19.1 Å². The highest BCUT2D eigenvalue weighted by Gasteiger charge is 2.02. The summed E-state index contributed by atoms with van der Waals surface area (Å²) in [4.78, 5) is 0. The van der Waals surface area contributed by atoms with Gasteiger partial charge < -0.3 is 15.5 Å². The highest BCUT2D eigenvalue weighted by atomic mass is 16.3. The van der Waals surface area contributed by atoms with E-state index >= 15 is 0 Å². The Bertz CT molecular complexity index is 55.0. The number of nitrogens with one attached hydrogen (secondary N) is 1. The Balaban J connectivity index is 3.09. The van der Waals surface area contributed by atoms with Gasteiger partial charge in [-0.3, -0.25) is 0 Å². The zero-order chi connectivity index (χ0) is 7.11. The fourth-order valence-electron chi connectivity index (χ4n) is 0.535. The normalized spacial score (nSPS) is 10.7. The summed E-state index contributed by atoms with van der Waals surface area (Å²) in [5.41, 5.74) is 0. The molecular weight excluding hydrogens is 118 g/mol. The van der Waals surface area contributed by atoms with Crippen LogP contribution in [0.5, 0.6) is 0 Å². The van der Waals surface area contributed by atoms with Gasteiger partial charge in [-0.2, -0.15) is 0 Å². The number of rotatable bonds is 5. The highest BCUT2D eigenvalue weighted by Crippen LogP contribution is 1.88. The molecule has 3 nitrogen and oxygen atoms in total. The van der Waals surface area contributed by atoms with Crippen LogP contribution < -0.4 is 5.32 Å². The van der Waals surface area contributed by atoms with Crippen LogP contribution in [0.4, 0.5) is 0 Å². The van der Waals surface area contributed by atoms with Gasteiger partial charge in [-0.15, -0.1) is 0 Å². The fraction of sp³-hybridized carbons (Fsp3) is 1.00. The molecule has 9 heavy (non-hydrogen) atoms. The summed E-state index contributed by atoms with van der Waals surface area (Å²) < 4.78 is 0. The molecule has 0 aromatic heterocycles. The summed E-state index contributed by atoms with van der Waals surface area (Å²) >= 11 is 0. The van der Waals surface area contributed by atoms with Crippen LogP contribution in [0.3, 0.4) is 0 Å². The summed E-state index contributed by atoms with van der Waals surface area (Å²) in [6.45, 7) is 3.69. The first-order chi connectivity index (χ1) is 4.35. The van der Waals surface area contributed by atoms with Gasteiger partial charge in [0.2, 0.25) is 0 Å². The smallest absolute Gasteiger partial charge is 0.0493 e. The maximum absolute atomic E-state index is 8.55. The summed E-state index contributed by atoms with van der Waals surface area (Å²) in [7, 11) is 0. The maximum atomic E-state index is 8.55. The van der Waals surface area contributed by atoms with Crippen molar-refractivity contribution >= 4 is 0 Å². The van der Waals surface area contributed by atoms with Gasteiger partial charge in [0, 0.05) is 25.7 Å². The third kappa shape index (κ3) is 4.39. The zero-order valence-electron chi connectivity index (χ0n) is 5.80. The van der Waals surface area contributed by atoms with E-state index in [1.54, 1.807) is 0 Å². The molecule has 0 bridgehead atoms. The Kier molecular flexibility index (Phi) is 5.93. The SMILES string of the molecule is CCNCC(CO)CO. The molecule has 0 fully saturated rings.